The summed E-state index contributed by atoms with van der Waals surface area (Å²) in [6, 6.07) is 0. The minimum atomic E-state index is -1.08. The first-order chi connectivity index (χ1) is 12.0. The Hall–Kier alpha value is -1.01. The predicted octanol–water partition coefficient (Wildman–Crippen LogP) is 5.00. The number of carbonyl (C=O) groups excluding carboxylic acids is 1. The van der Waals surface area contributed by atoms with E-state index in [-0.39, 0.29) is 6.10 Å². The summed E-state index contributed by atoms with van der Waals surface area (Å²) in [6.07, 6.45) is 18.6. The van der Waals surface area contributed by atoms with Crippen molar-refractivity contribution in [3.63, 3.8) is 0 Å². The quantitative estimate of drug-likeness (QED) is 0.353. The predicted molar refractivity (Wildman–Crippen MR) is 105 cm³/mol. The molecule has 0 aromatic rings. The van der Waals surface area contributed by atoms with Gasteiger partial charge in [0.1, 0.15) is 6.10 Å². The Morgan fingerprint density at radius 2 is 1.24 bits per heavy atom. The van der Waals surface area contributed by atoms with Crippen LogP contribution in [0.2, 0.25) is 0 Å². The zero-order valence-corrected chi connectivity index (χ0v) is 16.9. The van der Waals surface area contributed by atoms with Crippen LogP contribution in [0.1, 0.15) is 117 Å². The molecular formula is C22H41O3-. The molecule has 0 aromatic carbocycles. The fourth-order valence-corrected chi connectivity index (χ4v) is 2.55. The molecule has 0 heterocycles. The minimum absolute atomic E-state index is 0.389. The third kappa shape index (κ3) is 31.3. The van der Waals surface area contributed by atoms with Crippen LogP contribution in [0.3, 0.4) is 0 Å². The molecule has 3 nitrogen and oxygen atoms in total. The molecule has 0 amide bonds. The van der Waals surface area contributed by atoms with Crippen LogP contribution in [-0.4, -0.2) is 17.2 Å². The fourth-order valence-electron chi connectivity index (χ4n) is 2.55. The second-order valence-electron chi connectivity index (χ2n) is 6.76. The number of carboxylic acid groups (broad SMARTS) is 1. The standard InChI is InChI=1S/C20H38O.C2H4O2/c1-3-5-7-8-9-10-11-12-13-14-15-17-19-20(21)18-16-6-4-2;1-2(3)4/h20-21H,3-16,18H2,1-2H3;1H3,(H,3,4)/p-1/t20-;/m1./s1. The lowest BCUT2D eigenvalue weighted by Crippen LogP contribution is -2.16. The molecule has 25 heavy (non-hydrogen) atoms. The van der Waals surface area contributed by atoms with Crippen molar-refractivity contribution in [3.05, 3.63) is 0 Å². The number of rotatable bonds is 14. The van der Waals surface area contributed by atoms with Gasteiger partial charge in [-0.25, -0.2) is 0 Å². The molecule has 0 fully saturated rings. The molecule has 0 saturated heterocycles. The summed E-state index contributed by atoms with van der Waals surface area (Å²) in [7, 11) is 0. The smallest absolute Gasteiger partial charge is 0.114 e. The van der Waals surface area contributed by atoms with Crippen molar-refractivity contribution in [2.24, 2.45) is 0 Å². The van der Waals surface area contributed by atoms with Crippen molar-refractivity contribution in [2.45, 2.75) is 123 Å². The van der Waals surface area contributed by atoms with Gasteiger partial charge < -0.3 is 15.0 Å². The molecule has 0 aromatic heterocycles. The van der Waals surface area contributed by atoms with Gasteiger partial charge in [0.25, 0.3) is 0 Å². The number of aliphatic carboxylic acids is 1. The zero-order chi connectivity index (χ0) is 19.2. The number of unbranched alkanes of at least 4 members (excludes halogenated alkanes) is 12. The van der Waals surface area contributed by atoms with Crippen LogP contribution in [0.15, 0.2) is 0 Å². The Kier molecular flexibility index (Phi) is 24.1. The Labute approximate surface area is 156 Å². The molecule has 0 rings (SSSR count). The molecule has 0 radical (unpaired) electrons. The molecule has 0 aliphatic carbocycles. The summed E-state index contributed by atoms with van der Waals surface area (Å²) < 4.78 is 0. The van der Waals surface area contributed by atoms with Crippen LogP contribution in [0.25, 0.3) is 0 Å². The van der Waals surface area contributed by atoms with Gasteiger partial charge in [-0.2, -0.15) is 0 Å². The number of carboxylic acids is 1. The van der Waals surface area contributed by atoms with E-state index in [1.807, 2.05) is 0 Å². The summed E-state index contributed by atoms with van der Waals surface area (Å²) in [5.74, 6) is 5.03. The highest BCUT2D eigenvalue weighted by Crippen LogP contribution is 2.11. The van der Waals surface area contributed by atoms with Crippen molar-refractivity contribution >= 4 is 5.97 Å². The molecule has 1 atom stereocenters. The van der Waals surface area contributed by atoms with Gasteiger partial charge in [0.15, 0.2) is 0 Å². The summed E-state index contributed by atoms with van der Waals surface area (Å²) in [5, 5.41) is 18.6. The third-order valence-corrected chi connectivity index (χ3v) is 4.01. The van der Waals surface area contributed by atoms with Crippen LogP contribution >= 0.6 is 0 Å². The number of aliphatic hydroxyl groups is 1. The Morgan fingerprint density at radius 1 is 0.840 bits per heavy atom. The molecule has 0 bridgehead atoms. The third-order valence-electron chi connectivity index (χ3n) is 4.01. The van der Waals surface area contributed by atoms with E-state index in [0.29, 0.717) is 0 Å². The molecule has 3 heteroatoms. The second kappa shape index (κ2) is 23.0. The van der Waals surface area contributed by atoms with Crippen LogP contribution in [-0.2, 0) is 4.79 Å². The topological polar surface area (TPSA) is 60.4 Å². The van der Waals surface area contributed by atoms with Crippen molar-refractivity contribution in [2.75, 3.05) is 0 Å². The molecule has 0 aliphatic heterocycles. The lowest BCUT2D eigenvalue weighted by molar-refractivity contribution is -0.302. The van der Waals surface area contributed by atoms with Gasteiger partial charge >= 0.3 is 0 Å². The van der Waals surface area contributed by atoms with E-state index in [0.717, 1.165) is 26.2 Å². The zero-order valence-electron chi connectivity index (χ0n) is 16.9. The Balaban J connectivity index is 0. The first kappa shape index (κ1) is 26.2. The molecule has 1 N–H and O–H groups in total. The van der Waals surface area contributed by atoms with Gasteiger partial charge in [-0.1, -0.05) is 90.4 Å². The van der Waals surface area contributed by atoms with Gasteiger partial charge in [0.05, 0.1) is 0 Å². The molecular weight excluding hydrogens is 312 g/mol. The van der Waals surface area contributed by atoms with Crippen LogP contribution in [0.4, 0.5) is 0 Å². The van der Waals surface area contributed by atoms with E-state index in [2.05, 4.69) is 25.7 Å². The SMILES string of the molecule is CC(=O)[O-].CCCCCCCCCCCCC#C[C@H](O)CCCCC. The lowest BCUT2D eigenvalue weighted by atomic mass is 10.1. The average Bonchev–Trinajstić information content (AvgIpc) is 2.55. The molecule has 0 spiro atoms. The van der Waals surface area contributed by atoms with E-state index in [1.54, 1.807) is 0 Å². The summed E-state index contributed by atoms with van der Waals surface area (Å²) in [6.45, 7) is 5.43. The normalized spacial score (nSPS) is 11.0. The molecule has 0 aliphatic rings. The molecule has 148 valence electrons. The monoisotopic (exact) mass is 353 g/mol. The van der Waals surface area contributed by atoms with Crippen LogP contribution in [0.5, 0.6) is 0 Å². The van der Waals surface area contributed by atoms with Crippen molar-refractivity contribution in [3.8, 4) is 11.8 Å². The van der Waals surface area contributed by atoms with Gasteiger partial charge in [0, 0.05) is 12.4 Å². The maximum absolute atomic E-state index is 9.66. The first-order valence-electron chi connectivity index (χ1n) is 10.4. The highest BCUT2D eigenvalue weighted by molar-refractivity contribution is 5.60. The molecule has 0 unspecified atom stereocenters. The van der Waals surface area contributed by atoms with E-state index < -0.39 is 5.97 Å². The van der Waals surface area contributed by atoms with Crippen molar-refractivity contribution in [1.29, 1.82) is 0 Å². The lowest BCUT2D eigenvalue weighted by Gasteiger charge is -2.02. The largest absolute Gasteiger partial charge is 0.550 e. The van der Waals surface area contributed by atoms with Gasteiger partial charge in [-0.3, -0.25) is 0 Å². The van der Waals surface area contributed by atoms with E-state index in [4.69, 9.17) is 9.90 Å². The van der Waals surface area contributed by atoms with E-state index in [1.165, 1.54) is 77.0 Å². The Morgan fingerprint density at radius 3 is 1.72 bits per heavy atom. The van der Waals surface area contributed by atoms with Crippen molar-refractivity contribution in [1.82, 2.24) is 0 Å². The minimum Gasteiger partial charge on any atom is -0.550 e. The van der Waals surface area contributed by atoms with Crippen LogP contribution < -0.4 is 5.11 Å². The average molecular weight is 354 g/mol. The fraction of sp³-hybridized carbons (Fsp3) is 0.864. The highest BCUT2D eigenvalue weighted by atomic mass is 16.4. The summed E-state index contributed by atoms with van der Waals surface area (Å²) in [5.41, 5.74) is 0. The molecule has 0 saturated carbocycles. The van der Waals surface area contributed by atoms with Crippen molar-refractivity contribution < 1.29 is 15.0 Å². The highest BCUT2D eigenvalue weighted by Gasteiger charge is 1.97. The number of hydrogen-bond donors (Lipinski definition) is 1. The van der Waals surface area contributed by atoms with Gasteiger partial charge in [-0.05, 0) is 26.2 Å². The van der Waals surface area contributed by atoms with Gasteiger partial charge in [-0.15, -0.1) is 5.92 Å². The first-order valence-corrected chi connectivity index (χ1v) is 10.4. The summed E-state index contributed by atoms with van der Waals surface area (Å²) in [4.78, 5) is 8.89. The summed E-state index contributed by atoms with van der Waals surface area (Å²) >= 11 is 0. The maximum atomic E-state index is 9.66. The van der Waals surface area contributed by atoms with Gasteiger partial charge in [0.2, 0.25) is 0 Å². The van der Waals surface area contributed by atoms with E-state index in [9.17, 15) is 5.11 Å². The van der Waals surface area contributed by atoms with Crippen LogP contribution in [0, 0.1) is 11.8 Å². The Bertz CT molecular complexity index is 324. The van der Waals surface area contributed by atoms with E-state index >= 15 is 0 Å². The number of aliphatic hydroxyl groups excluding tert-OH is 1. The number of carbonyl (C=O) groups is 1. The second-order valence-corrected chi connectivity index (χ2v) is 6.76. The number of hydrogen-bond acceptors (Lipinski definition) is 3. The maximum Gasteiger partial charge on any atom is 0.114 e.